The lowest BCUT2D eigenvalue weighted by molar-refractivity contribution is -0.136. The molecule has 1 aliphatic rings. The van der Waals surface area contributed by atoms with Crippen LogP contribution in [0.25, 0.3) is 0 Å². The van der Waals surface area contributed by atoms with Gasteiger partial charge in [0.2, 0.25) is 5.88 Å². The van der Waals surface area contributed by atoms with E-state index in [2.05, 4.69) is 22.0 Å². The molecular weight excluding hydrogens is 496 g/mol. The van der Waals surface area contributed by atoms with Crippen molar-refractivity contribution >= 4 is 33.5 Å². The summed E-state index contributed by atoms with van der Waals surface area (Å²) in [5, 5.41) is 10.2. The number of hydrogen-bond donors (Lipinski definition) is 1. The molecule has 3 aromatic carbocycles. The van der Waals surface area contributed by atoms with Crippen LogP contribution in [0.1, 0.15) is 17.0 Å². The molecule has 0 saturated heterocycles. The number of nitriles is 1. The van der Waals surface area contributed by atoms with Gasteiger partial charge in [-0.15, -0.1) is 0 Å². The van der Waals surface area contributed by atoms with Gasteiger partial charge >= 0.3 is 5.97 Å². The number of esters is 1. The second-order valence-corrected chi connectivity index (χ2v) is 8.16. The molecule has 0 aliphatic carbocycles. The zero-order valence-corrected chi connectivity index (χ0v) is 18.9. The number of allylic oxidation sites excluding steroid dienone is 1. The molecule has 3 aromatic rings. The predicted molar refractivity (Wildman–Crippen MR) is 122 cm³/mol. The zero-order chi connectivity index (χ0) is 22.7. The summed E-state index contributed by atoms with van der Waals surface area (Å²) >= 11 is 9.45. The van der Waals surface area contributed by atoms with E-state index in [1.54, 1.807) is 42.5 Å². The molecule has 8 heteroatoms. The summed E-state index contributed by atoms with van der Waals surface area (Å²) in [6.07, 6.45) is 0. The third-order valence-electron chi connectivity index (χ3n) is 4.79. The molecule has 1 atom stereocenters. The van der Waals surface area contributed by atoms with E-state index in [-0.39, 0.29) is 18.2 Å². The first-order chi connectivity index (χ1) is 15.5. The number of halogens is 2. The van der Waals surface area contributed by atoms with E-state index in [4.69, 9.17) is 31.5 Å². The summed E-state index contributed by atoms with van der Waals surface area (Å²) in [7, 11) is 0. The van der Waals surface area contributed by atoms with Gasteiger partial charge in [-0.2, -0.15) is 5.26 Å². The number of fused-ring (bicyclic) bond motifs is 1. The Labute approximate surface area is 197 Å². The van der Waals surface area contributed by atoms with Gasteiger partial charge in [0, 0.05) is 21.1 Å². The molecule has 0 bridgehead atoms. The second kappa shape index (κ2) is 9.35. The summed E-state index contributed by atoms with van der Waals surface area (Å²) in [6.45, 7) is -0.293. The molecule has 1 aliphatic heterocycles. The molecule has 160 valence electrons. The molecule has 1 unspecified atom stereocenters. The van der Waals surface area contributed by atoms with Crippen molar-refractivity contribution in [3.05, 3.63) is 98.8 Å². The van der Waals surface area contributed by atoms with Crippen molar-refractivity contribution in [2.45, 2.75) is 5.92 Å². The van der Waals surface area contributed by atoms with Crippen LogP contribution in [-0.2, 0) is 4.79 Å². The van der Waals surface area contributed by atoms with E-state index in [0.717, 1.165) is 15.6 Å². The van der Waals surface area contributed by atoms with Crippen LogP contribution in [0.5, 0.6) is 17.2 Å². The van der Waals surface area contributed by atoms with E-state index < -0.39 is 11.9 Å². The van der Waals surface area contributed by atoms with Crippen molar-refractivity contribution in [3.63, 3.8) is 0 Å². The molecule has 0 spiro atoms. The Morgan fingerprint density at radius 2 is 1.91 bits per heavy atom. The largest absolute Gasteiger partial charge is 0.482 e. The molecule has 0 saturated carbocycles. The Morgan fingerprint density at radius 3 is 2.66 bits per heavy atom. The standard InChI is InChI=1S/C24H16BrClN2O4/c25-20-7-2-1-6-17(20)23-18-9-8-16(11-21(18)32-24(28)19(23)12-27)31-22(29)13-30-15-5-3-4-14(26)10-15/h1-11,23H,13,28H2. The number of benzene rings is 3. The minimum Gasteiger partial charge on any atom is -0.482 e. The third-order valence-corrected chi connectivity index (χ3v) is 5.75. The Balaban J connectivity index is 1.56. The highest BCUT2D eigenvalue weighted by Gasteiger charge is 2.32. The lowest BCUT2D eigenvalue weighted by Gasteiger charge is -2.27. The number of nitrogens with zero attached hydrogens (tertiary/aromatic N) is 1. The lowest BCUT2D eigenvalue weighted by Crippen LogP contribution is -2.22. The maximum absolute atomic E-state index is 12.2. The number of carbonyl (C=O) groups excluding carboxylic acids is 1. The van der Waals surface area contributed by atoms with Crippen molar-refractivity contribution < 1.29 is 19.0 Å². The van der Waals surface area contributed by atoms with Crippen LogP contribution in [0, 0.1) is 11.3 Å². The number of nitrogens with two attached hydrogens (primary N) is 1. The minimum atomic E-state index is -0.593. The van der Waals surface area contributed by atoms with E-state index in [1.165, 1.54) is 0 Å². The quantitative estimate of drug-likeness (QED) is 0.369. The fourth-order valence-electron chi connectivity index (χ4n) is 3.39. The smallest absolute Gasteiger partial charge is 0.349 e. The van der Waals surface area contributed by atoms with Gasteiger partial charge in [-0.05, 0) is 35.9 Å². The van der Waals surface area contributed by atoms with Crippen LogP contribution in [0.15, 0.2) is 82.7 Å². The molecule has 0 radical (unpaired) electrons. The first kappa shape index (κ1) is 21.8. The average Bonchev–Trinajstić information content (AvgIpc) is 2.77. The normalized spacial score (nSPS) is 14.7. The Kier molecular flexibility index (Phi) is 6.35. The first-order valence-corrected chi connectivity index (χ1v) is 10.7. The highest BCUT2D eigenvalue weighted by atomic mass is 79.9. The Hall–Kier alpha value is -3.47. The SMILES string of the molecule is N#CC1=C(N)Oc2cc(OC(=O)COc3cccc(Cl)c3)ccc2C1c1ccccc1Br. The van der Waals surface area contributed by atoms with Crippen molar-refractivity contribution in [3.8, 4) is 23.3 Å². The monoisotopic (exact) mass is 510 g/mol. The summed E-state index contributed by atoms with van der Waals surface area (Å²) < 4.78 is 17.3. The van der Waals surface area contributed by atoms with Crippen LogP contribution in [0.3, 0.4) is 0 Å². The van der Waals surface area contributed by atoms with Crippen LogP contribution < -0.4 is 19.9 Å². The van der Waals surface area contributed by atoms with Gasteiger partial charge in [0.25, 0.3) is 0 Å². The van der Waals surface area contributed by atoms with Crippen molar-refractivity contribution in [2.75, 3.05) is 6.61 Å². The zero-order valence-electron chi connectivity index (χ0n) is 16.5. The fourth-order valence-corrected chi connectivity index (χ4v) is 4.08. The van der Waals surface area contributed by atoms with Crippen LogP contribution in [0.2, 0.25) is 5.02 Å². The van der Waals surface area contributed by atoms with E-state index in [1.807, 2.05) is 24.3 Å². The van der Waals surface area contributed by atoms with Crippen LogP contribution in [-0.4, -0.2) is 12.6 Å². The molecule has 4 rings (SSSR count). The fraction of sp³-hybridized carbons (Fsp3) is 0.0833. The molecule has 0 aromatic heterocycles. The first-order valence-electron chi connectivity index (χ1n) is 9.51. The molecule has 1 heterocycles. The van der Waals surface area contributed by atoms with Gasteiger partial charge in [0.1, 0.15) is 28.9 Å². The van der Waals surface area contributed by atoms with Gasteiger partial charge in [0.05, 0.1) is 5.92 Å². The van der Waals surface area contributed by atoms with E-state index in [9.17, 15) is 10.1 Å². The molecule has 2 N–H and O–H groups in total. The van der Waals surface area contributed by atoms with E-state index >= 15 is 0 Å². The van der Waals surface area contributed by atoms with Crippen molar-refractivity contribution in [1.29, 1.82) is 5.26 Å². The van der Waals surface area contributed by atoms with Crippen LogP contribution >= 0.6 is 27.5 Å². The minimum absolute atomic E-state index is 0.00789. The van der Waals surface area contributed by atoms with Gasteiger partial charge in [0.15, 0.2) is 6.61 Å². The summed E-state index contributed by atoms with van der Waals surface area (Å²) in [6, 6.07) is 21.4. The summed E-state index contributed by atoms with van der Waals surface area (Å²) in [5.41, 5.74) is 7.95. The van der Waals surface area contributed by atoms with Crippen molar-refractivity contribution in [1.82, 2.24) is 0 Å². The average molecular weight is 512 g/mol. The molecular formula is C24H16BrClN2O4. The van der Waals surface area contributed by atoms with Gasteiger partial charge < -0.3 is 19.9 Å². The maximum Gasteiger partial charge on any atom is 0.349 e. The van der Waals surface area contributed by atoms with Crippen LogP contribution in [0.4, 0.5) is 0 Å². The maximum atomic E-state index is 12.2. The lowest BCUT2D eigenvalue weighted by atomic mass is 9.83. The third kappa shape index (κ3) is 4.57. The second-order valence-electron chi connectivity index (χ2n) is 6.87. The van der Waals surface area contributed by atoms with Gasteiger partial charge in [-0.25, -0.2) is 4.79 Å². The molecule has 32 heavy (non-hydrogen) atoms. The molecule has 0 amide bonds. The number of hydrogen-bond acceptors (Lipinski definition) is 6. The summed E-state index contributed by atoms with van der Waals surface area (Å²) in [4.78, 5) is 12.2. The van der Waals surface area contributed by atoms with Gasteiger partial charge in [-0.3, -0.25) is 0 Å². The van der Waals surface area contributed by atoms with Gasteiger partial charge in [-0.1, -0.05) is 57.9 Å². The highest BCUT2D eigenvalue weighted by Crippen LogP contribution is 2.45. The molecule has 6 nitrogen and oxygen atoms in total. The topological polar surface area (TPSA) is 94.6 Å². The summed E-state index contributed by atoms with van der Waals surface area (Å²) in [5.74, 6) is 0.125. The molecule has 0 fully saturated rings. The highest BCUT2D eigenvalue weighted by molar-refractivity contribution is 9.10. The Morgan fingerprint density at radius 1 is 1.09 bits per heavy atom. The number of rotatable bonds is 5. The Bertz CT molecular complexity index is 1270. The number of carbonyl (C=O) groups is 1. The number of ether oxygens (including phenoxy) is 3. The predicted octanol–water partition coefficient (Wildman–Crippen LogP) is 5.31. The van der Waals surface area contributed by atoms with E-state index in [0.29, 0.717) is 22.1 Å². The van der Waals surface area contributed by atoms with Crippen molar-refractivity contribution in [2.24, 2.45) is 5.73 Å².